The molecular weight excluding hydrogens is 693 g/mol. The van der Waals surface area contributed by atoms with Gasteiger partial charge in [0, 0.05) is 59.5 Å². The molecule has 0 saturated carbocycles. The van der Waals surface area contributed by atoms with Crippen LogP contribution in [0.1, 0.15) is 45.0 Å². The molecule has 0 spiro atoms. The number of hydrogen-bond donors (Lipinski definition) is 2. The quantitative estimate of drug-likeness (QED) is 0.201. The normalized spacial score (nSPS) is 19.9. The van der Waals surface area contributed by atoms with E-state index >= 15 is 0 Å². The summed E-state index contributed by atoms with van der Waals surface area (Å²) in [5.41, 5.74) is 10.2. The Morgan fingerprint density at radius 1 is 0.673 bits per heavy atom. The topological polar surface area (TPSA) is 143 Å². The first kappa shape index (κ1) is 33.7. The van der Waals surface area contributed by atoms with Gasteiger partial charge in [0.25, 0.3) is 0 Å². The van der Waals surface area contributed by atoms with Gasteiger partial charge in [0.2, 0.25) is 0 Å². The molecule has 2 N–H and O–H groups in total. The van der Waals surface area contributed by atoms with Crippen molar-refractivity contribution in [2.45, 2.75) is 64.8 Å². The fraction of sp³-hybridized carbons (Fsp3) is 0.366. The molecule has 3 saturated heterocycles. The number of morpholine rings is 2. The van der Waals surface area contributed by atoms with Crippen LogP contribution in [0.25, 0.3) is 55.6 Å². The second-order valence-corrected chi connectivity index (χ2v) is 14.8. The summed E-state index contributed by atoms with van der Waals surface area (Å²) in [5.74, 6) is 1.95. The zero-order valence-electron chi connectivity index (χ0n) is 31.3. The summed E-state index contributed by atoms with van der Waals surface area (Å²) >= 11 is 0. The Morgan fingerprint density at radius 3 is 1.75 bits per heavy atom. The third-order valence-electron chi connectivity index (χ3n) is 11.2. The van der Waals surface area contributed by atoms with Crippen molar-refractivity contribution in [2.24, 2.45) is 0 Å². The van der Waals surface area contributed by atoms with Crippen LogP contribution in [-0.2, 0) is 22.3 Å². The first-order valence-corrected chi connectivity index (χ1v) is 19.4. The summed E-state index contributed by atoms with van der Waals surface area (Å²) < 4.78 is 15.5. The smallest absolute Gasteiger partial charge is 0.154 e. The van der Waals surface area contributed by atoms with Crippen molar-refractivity contribution in [3.63, 3.8) is 0 Å². The van der Waals surface area contributed by atoms with Crippen molar-refractivity contribution in [1.82, 2.24) is 49.6 Å². The molecule has 11 rings (SSSR count). The molecule has 2 bridgehead atoms. The lowest BCUT2D eigenvalue weighted by Gasteiger charge is -2.32. The van der Waals surface area contributed by atoms with E-state index in [0.29, 0.717) is 12.2 Å². The van der Waals surface area contributed by atoms with Gasteiger partial charge >= 0.3 is 0 Å². The molecule has 14 heteroatoms. The van der Waals surface area contributed by atoms with Crippen LogP contribution < -0.4 is 9.80 Å². The second kappa shape index (κ2) is 13.8. The standard InChI is InChI=1S/C21H22N6O.C20H22N6O/c1-2-17-16-9-13(3-6-18(16)24-23-17)19-10-22-20-7-8-21(25-27(19)20)26-11-14-4-5-15(12-26)28-14;1-3-16-15-10-14(4-5-17(15)23-22-16)18-11-21-19-6-7-20(24-26(18)19)25-8-9-27-13(2)12-25/h3,6-10,14-15H,2,4-5,11-12H2,1H3,(H,23,24);4-7,10-11,13H,3,8-9,12H2,1-2H3,(H,22,23)/t;13-/m.1/s1. The summed E-state index contributed by atoms with van der Waals surface area (Å²) in [7, 11) is 0. The number of aromatic amines is 2. The average molecular weight is 737 g/mol. The number of benzene rings is 2. The van der Waals surface area contributed by atoms with E-state index in [1.807, 2.05) is 39.6 Å². The molecule has 280 valence electrons. The molecule has 55 heavy (non-hydrogen) atoms. The third kappa shape index (κ3) is 6.15. The number of rotatable bonds is 6. The Kier molecular flexibility index (Phi) is 8.43. The van der Waals surface area contributed by atoms with Crippen LogP contribution in [0.15, 0.2) is 73.1 Å². The number of imidazole rings is 2. The molecule has 6 aromatic heterocycles. The van der Waals surface area contributed by atoms with Crippen molar-refractivity contribution in [3.05, 3.63) is 84.4 Å². The van der Waals surface area contributed by atoms with E-state index in [2.05, 4.69) is 103 Å². The van der Waals surface area contributed by atoms with Crippen molar-refractivity contribution in [2.75, 3.05) is 42.6 Å². The molecule has 2 unspecified atom stereocenters. The SMILES string of the molecule is CCc1[nH]nc2ccc(-c3cnc4ccc(N5CC6CCC(C5)O6)nn34)cc12.CCc1[nH]nc2ccc(-c3cnc4ccc(N5CCO[C@H](C)C5)nn34)cc12. The lowest BCUT2D eigenvalue weighted by Crippen LogP contribution is -2.43. The number of anilines is 2. The van der Waals surface area contributed by atoms with Crippen LogP contribution >= 0.6 is 0 Å². The molecule has 3 atom stereocenters. The van der Waals surface area contributed by atoms with E-state index in [1.54, 1.807) is 0 Å². The van der Waals surface area contributed by atoms with Gasteiger partial charge in [-0.2, -0.15) is 10.2 Å². The van der Waals surface area contributed by atoms with Gasteiger partial charge in [0.15, 0.2) is 11.3 Å². The van der Waals surface area contributed by atoms with Crippen LogP contribution in [0.3, 0.4) is 0 Å². The van der Waals surface area contributed by atoms with Crippen LogP contribution in [0.4, 0.5) is 11.6 Å². The fourth-order valence-electron chi connectivity index (χ4n) is 8.27. The largest absolute Gasteiger partial charge is 0.375 e. The summed E-state index contributed by atoms with van der Waals surface area (Å²) in [4.78, 5) is 13.7. The molecule has 0 amide bonds. The minimum Gasteiger partial charge on any atom is -0.375 e. The van der Waals surface area contributed by atoms with Crippen LogP contribution in [0, 0.1) is 0 Å². The number of nitrogens with zero attached hydrogens (tertiary/aromatic N) is 10. The van der Waals surface area contributed by atoms with Crippen LogP contribution in [0.2, 0.25) is 0 Å². The van der Waals surface area contributed by atoms with Crippen molar-refractivity contribution < 1.29 is 9.47 Å². The number of hydrogen-bond acceptors (Lipinski definition) is 10. The first-order chi connectivity index (χ1) is 27.0. The van der Waals surface area contributed by atoms with Gasteiger partial charge in [-0.25, -0.2) is 19.0 Å². The Labute approximate surface area is 317 Å². The van der Waals surface area contributed by atoms with Gasteiger partial charge in [0.05, 0.1) is 59.7 Å². The molecule has 3 aliphatic rings. The highest BCUT2D eigenvalue weighted by molar-refractivity contribution is 5.87. The second-order valence-electron chi connectivity index (χ2n) is 14.8. The summed E-state index contributed by atoms with van der Waals surface area (Å²) in [6, 6.07) is 20.8. The fourth-order valence-corrected chi connectivity index (χ4v) is 8.27. The highest BCUT2D eigenvalue weighted by atomic mass is 16.5. The lowest BCUT2D eigenvalue weighted by atomic mass is 10.1. The average Bonchev–Trinajstić information content (AvgIpc) is 4.07. The number of ether oxygens (including phenoxy) is 2. The maximum atomic E-state index is 5.97. The summed E-state index contributed by atoms with van der Waals surface area (Å²) in [6.45, 7) is 10.6. The highest BCUT2D eigenvalue weighted by Crippen LogP contribution is 2.31. The maximum Gasteiger partial charge on any atom is 0.154 e. The zero-order chi connectivity index (χ0) is 37.0. The van der Waals surface area contributed by atoms with Gasteiger partial charge in [-0.1, -0.05) is 26.0 Å². The summed E-state index contributed by atoms with van der Waals surface area (Å²) in [6.07, 6.45) is 8.86. The lowest BCUT2D eigenvalue weighted by molar-refractivity contribution is 0.0301. The summed E-state index contributed by atoms with van der Waals surface area (Å²) in [5, 5.41) is 27.2. The predicted octanol–water partition coefficient (Wildman–Crippen LogP) is 6.26. The van der Waals surface area contributed by atoms with Gasteiger partial charge in [0.1, 0.15) is 11.6 Å². The van der Waals surface area contributed by atoms with Crippen LogP contribution in [0.5, 0.6) is 0 Å². The van der Waals surface area contributed by atoms with E-state index < -0.39 is 0 Å². The van der Waals surface area contributed by atoms with Gasteiger partial charge in [-0.3, -0.25) is 10.2 Å². The number of nitrogens with one attached hydrogen (secondary N) is 2. The van der Waals surface area contributed by atoms with Crippen molar-refractivity contribution in [1.29, 1.82) is 0 Å². The van der Waals surface area contributed by atoms with E-state index in [1.165, 1.54) is 0 Å². The van der Waals surface area contributed by atoms with E-state index in [-0.39, 0.29) is 6.10 Å². The molecular formula is C41H44N12O2. The Morgan fingerprint density at radius 2 is 1.22 bits per heavy atom. The predicted molar refractivity (Wildman–Crippen MR) is 213 cm³/mol. The van der Waals surface area contributed by atoms with E-state index in [9.17, 15) is 0 Å². The zero-order valence-corrected chi connectivity index (χ0v) is 31.3. The van der Waals surface area contributed by atoms with Crippen molar-refractivity contribution in [3.8, 4) is 22.5 Å². The highest BCUT2D eigenvalue weighted by Gasteiger charge is 2.34. The molecule has 3 aliphatic heterocycles. The van der Waals surface area contributed by atoms with E-state index in [0.717, 1.165) is 137 Å². The number of aryl methyl sites for hydroxylation is 2. The minimum atomic E-state index is 0.217. The molecule has 9 heterocycles. The number of aromatic nitrogens is 10. The van der Waals surface area contributed by atoms with Gasteiger partial charge in [-0.05, 0) is 81.1 Å². The molecule has 2 aromatic carbocycles. The van der Waals surface area contributed by atoms with Crippen LogP contribution in [-0.4, -0.2) is 101 Å². The monoisotopic (exact) mass is 736 g/mol. The van der Waals surface area contributed by atoms with Gasteiger partial charge in [-0.15, -0.1) is 10.2 Å². The molecule has 3 fully saturated rings. The number of fused-ring (bicyclic) bond motifs is 6. The van der Waals surface area contributed by atoms with Gasteiger partial charge < -0.3 is 19.3 Å². The molecule has 8 aromatic rings. The first-order valence-electron chi connectivity index (χ1n) is 19.4. The van der Waals surface area contributed by atoms with E-state index in [4.69, 9.17) is 19.7 Å². The Hall–Kier alpha value is -5.86. The minimum absolute atomic E-state index is 0.217. The Bertz CT molecular complexity index is 2640. The van der Waals surface area contributed by atoms with Crippen molar-refractivity contribution >= 4 is 44.7 Å². The molecule has 0 aliphatic carbocycles. The number of H-pyrrole nitrogens is 2. The molecule has 0 radical (unpaired) electrons. The maximum absolute atomic E-state index is 5.97. The third-order valence-corrected chi connectivity index (χ3v) is 11.2. The Balaban J connectivity index is 0.000000136. The molecule has 14 nitrogen and oxygen atoms in total.